The SMILES string of the molecule is Cc1cc(CN2CCN(C(=O)[C@@H](N)C(C)C)CC2)on1. The average Bonchev–Trinajstić information content (AvgIpc) is 2.83. The van der Waals surface area contributed by atoms with Gasteiger partial charge >= 0.3 is 0 Å². The molecule has 0 aromatic carbocycles. The summed E-state index contributed by atoms with van der Waals surface area (Å²) in [6.07, 6.45) is 0. The van der Waals surface area contributed by atoms with Crippen molar-refractivity contribution in [2.45, 2.75) is 33.4 Å². The molecule has 6 heteroatoms. The van der Waals surface area contributed by atoms with E-state index in [1.807, 2.05) is 31.7 Å². The first kappa shape index (κ1) is 15.0. The summed E-state index contributed by atoms with van der Waals surface area (Å²) in [6, 6.07) is 1.56. The highest BCUT2D eigenvalue weighted by molar-refractivity contribution is 5.82. The van der Waals surface area contributed by atoms with Gasteiger partial charge in [0.25, 0.3) is 0 Å². The van der Waals surface area contributed by atoms with Crippen LogP contribution in [0.25, 0.3) is 0 Å². The van der Waals surface area contributed by atoms with E-state index in [1.54, 1.807) is 0 Å². The molecule has 2 N–H and O–H groups in total. The van der Waals surface area contributed by atoms with Gasteiger partial charge in [0.2, 0.25) is 5.91 Å². The van der Waals surface area contributed by atoms with Crippen LogP contribution in [0.1, 0.15) is 25.3 Å². The number of hydrogen-bond donors (Lipinski definition) is 1. The molecule has 0 spiro atoms. The molecule has 1 amide bonds. The largest absolute Gasteiger partial charge is 0.360 e. The summed E-state index contributed by atoms with van der Waals surface area (Å²) in [4.78, 5) is 16.3. The number of aromatic nitrogens is 1. The molecule has 2 heterocycles. The lowest BCUT2D eigenvalue weighted by Crippen LogP contribution is -2.54. The number of nitrogens with zero attached hydrogens (tertiary/aromatic N) is 3. The minimum absolute atomic E-state index is 0.0650. The first-order chi connectivity index (χ1) is 9.47. The second-order valence-electron chi connectivity index (χ2n) is 5.81. The molecule has 0 bridgehead atoms. The van der Waals surface area contributed by atoms with Gasteiger partial charge in [-0.15, -0.1) is 0 Å². The van der Waals surface area contributed by atoms with E-state index in [-0.39, 0.29) is 11.8 Å². The van der Waals surface area contributed by atoms with Gasteiger partial charge in [-0.3, -0.25) is 9.69 Å². The molecule has 2 rings (SSSR count). The third-order valence-electron chi connectivity index (χ3n) is 3.74. The van der Waals surface area contributed by atoms with Gasteiger partial charge in [0.15, 0.2) is 5.76 Å². The highest BCUT2D eigenvalue weighted by Gasteiger charge is 2.27. The molecule has 20 heavy (non-hydrogen) atoms. The first-order valence-corrected chi connectivity index (χ1v) is 7.16. The molecular weight excluding hydrogens is 256 g/mol. The Kier molecular flexibility index (Phi) is 4.77. The fourth-order valence-corrected chi connectivity index (χ4v) is 2.33. The molecule has 1 aliphatic heterocycles. The zero-order valence-electron chi connectivity index (χ0n) is 12.5. The van der Waals surface area contributed by atoms with E-state index >= 15 is 0 Å². The molecule has 1 saturated heterocycles. The maximum atomic E-state index is 12.2. The lowest BCUT2D eigenvalue weighted by Gasteiger charge is -2.36. The summed E-state index contributed by atoms with van der Waals surface area (Å²) < 4.78 is 5.22. The zero-order valence-corrected chi connectivity index (χ0v) is 12.5. The van der Waals surface area contributed by atoms with E-state index in [1.165, 1.54) is 0 Å². The smallest absolute Gasteiger partial charge is 0.239 e. The Hall–Kier alpha value is -1.40. The molecule has 1 aliphatic rings. The van der Waals surface area contributed by atoms with E-state index in [2.05, 4.69) is 10.1 Å². The highest BCUT2D eigenvalue weighted by atomic mass is 16.5. The van der Waals surface area contributed by atoms with Crippen molar-refractivity contribution in [1.82, 2.24) is 15.0 Å². The summed E-state index contributed by atoms with van der Waals surface area (Å²) in [5.74, 6) is 1.12. The maximum Gasteiger partial charge on any atom is 0.239 e. The van der Waals surface area contributed by atoms with Crippen LogP contribution in [0.3, 0.4) is 0 Å². The molecule has 0 unspecified atom stereocenters. The van der Waals surface area contributed by atoms with Gasteiger partial charge in [0.1, 0.15) is 0 Å². The lowest BCUT2D eigenvalue weighted by molar-refractivity contribution is -0.135. The Morgan fingerprint density at radius 1 is 1.40 bits per heavy atom. The normalized spacial score (nSPS) is 18.6. The number of carbonyl (C=O) groups excluding carboxylic acids is 1. The molecule has 0 aliphatic carbocycles. The second kappa shape index (κ2) is 6.37. The summed E-state index contributed by atoms with van der Waals surface area (Å²) >= 11 is 0. The van der Waals surface area contributed by atoms with E-state index < -0.39 is 6.04 Å². The van der Waals surface area contributed by atoms with Gasteiger partial charge in [0.05, 0.1) is 18.3 Å². The molecule has 112 valence electrons. The molecule has 1 aromatic rings. The predicted octanol–water partition coefficient (Wildman–Crippen LogP) is 0.611. The van der Waals surface area contributed by atoms with Gasteiger partial charge in [-0.2, -0.15) is 0 Å². The van der Waals surface area contributed by atoms with Crippen LogP contribution in [-0.4, -0.2) is 53.1 Å². The fraction of sp³-hybridized carbons (Fsp3) is 0.714. The first-order valence-electron chi connectivity index (χ1n) is 7.16. The number of piperazine rings is 1. The highest BCUT2D eigenvalue weighted by Crippen LogP contribution is 2.11. The van der Waals surface area contributed by atoms with Gasteiger partial charge in [-0.05, 0) is 12.8 Å². The van der Waals surface area contributed by atoms with Crippen molar-refractivity contribution in [3.8, 4) is 0 Å². The van der Waals surface area contributed by atoms with Crippen molar-refractivity contribution < 1.29 is 9.32 Å². The van der Waals surface area contributed by atoms with E-state index in [0.717, 1.165) is 44.2 Å². The summed E-state index contributed by atoms with van der Waals surface area (Å²) in [5.41, 5.74) is 6.82. The third-order valence-corrected chi connectivity index (χ3v) is 3.74. The van der Waals surface area contributed by atoms with E-state index in [0.29, 0.717) is 0 Å². The number of nitrogens with two attached hydrogens (primary N) is 1. The molecule has 1 fully saturated rings. The van der Waals surface area contributed by atoms with E-state index in [4.69, 9.17) is 10.3 Å². The van der Waals surface area contributed by atoms with Crippen molar-refractivity contribution in [1.29, 1.82) is 0 Å². The minimum atomic E-state index is -0.390. The van der Waals surface area contributed by atoms with Crippen molar-refractivity contribution in [3.05, 3.63) is 17.5 Å². The van der Waals surface area contributed by atoms with Crippen LogP contribution in [0, 0.1) is 12.8 Å². The third kappa shape index (κ3) is 3.58. The number of hydrogen-bond acceptors (Lipinski definition) is 5. The molecule has 1 aromatic heterocycles. The predicted molar refractivity (Wildman–Crippen MR) is 75.9 cm³/mol. The fourth-order valence-electron chi connectivity index (χ4n) is 2.33. The Labute approximate surface area is 119 Å². The minimum Gasteiger partial charge on any atom is -0.360 e. The van der Waals surface area contributed by atoms with Crippen LogP contribution in [0.15, 0.2) is 10.6 Å². The monoisotopic (exact) mass is 280 g/mol. The number of rotatable bonds is 4. The Bertz CT molecular complexity index is 450. The number of carbonyl (C=O) groups is 1. The van der Waals surface area contributed by atoms with Crippen LogP contribution in [0.4, 0.5) is 0 Å². The summed E-state index contributed by atoms with van der Waals surface area (Å²) in [6.45, 7) is 9.76. The quantitative estimate of drug-likeness (QED) is 0.874. The van der Waals surface area contributed by atoms with Crippen molar-refractivity contribution in [2.24, 2.45) is 11.7 Å². The van der Waals surface area contributed by atoms with Crippen LogP contribution in [0.5, 0.6) is 0 Å². The van der Waals surface area contributed by atoms with Gasteiger partial charge in [-0.25, -0.2) is 0 Å². The summed E-state index contributed by atoms with van der Waals surface area (Å²) in [7, 11) is 0. The van der Waals surface area contributed by atoms with Gasteiger partial charge in [-0.1, -0.05) is 19.0 Å². The zero-order chi connectivity index (χ0) is 14.7. The van der Waals surface area contributed by atoms with E-state index in [9.17, 15) is 4.79 Å². The number of aryl methyl sites for hydroxylation is 1. The van der Waals surface area contributed by atoms with Crippen LogP contribution < -0.4 is 5.73 Å². The van der Waals surface area contributed by atoms with Crippen molar-refractivity contribution in [3.63, 3.8) is 0 Å². The van der Waals surface area contributed by atoms with Crippen LogP contribution >= 0.6 is 0 Å². The van der Waals surface area contributed by atoms with Crippen LogP contribution in [0.2, 0.25) is 0 Å². The molecule has 0 saturated carbocycles. The van der Waals surface area contributed by atoms with Crippen molar-refractivity contribution >= 4 is 5.91 Å². The Balaban J connectivity index is 1.82. The average molecular weight is 280 g/mol. The molecule has 6 nitrogen and oxygen atoms in total. The van der Waals surface area contributed by atoms with Gasteiger partial charge < -0.3 is 15.2 Å². The van der Waals surface area contributed by atoms with Gasteiger partial charge in [0, 0.05) is 32.2 Å². The maximum absolute atomic E-state index is 12.2. The standard InChI is InChI=1S/C14H24N4O2/c1-10(2)13(15)14(19)18-6-4-17(5-7-18)9-12-8-11(3)16-20-12/h8,10,13H,4-7,9,15H2,1-3H3/t13-/m0/s1. The topological polar surface area (TPSA) is 75.6 Å². The molecule has 1 atom stereocenters. The summed E-state index contributed by atoms with van der Waals surface area (Å²) in [5, 5.41) is 3.89. The second-order valence-corrected chi connectivity index (χ2v) is 5.81. The Morgan fingerprint density at radius 2 is 2.05 bits per heavy atom. The molecule has 0 radical (unpaired) electrons. The number of amides is 1. The lowest BCUT2D eigenvalue weighted by atomic mass is 10.0. The van der Waals surface area contributed by atoms with Crippen molar-refractivity contribution in [2.75, 3.05) is 26.2 Å². The van der Waals surface area contributed by atoms with Crippen LogP contribution in [-0.2, 0) is 11.3 Å². The Morgan fingerprint density at radius 3 is 2.55 bits per heavy atom. The molecular formula is C14H24N4O2.